The summed E-state index contributed by atoms with van der Waals surface area (Å²) < 4.78 is 10.7. The molecule has 2 rings (SSSR count). The standard InChI is InChI=1S/C19H23ClN2O3/c1-24-17-5-7-18(8-6-17)25-12-11-21-14-19(23)22-10-9-15-3-2-4-16(20)13-15/h2-8,13,21H,9-12,14H2,1H3,(H,22,23). The third-order valence-electron chi connectivity index (χ3n) is 3.52. The number of amides is 1. The highest BCUT2D eigenvalue weighted by atomic mass is 35.5. The average Bonchev–Trinajstić information content (AvgIpc) is 2.62. The first-order chi connectivity index (χ1) is 12.2. The molecule has 0 bridgehead atoms. The summed E-state index contributed by atoms with van der Waals surface area (Å²) in [5.41, 5.74) is 1.11. The molecule has 0 saturated heterocycles. The van der Waals surface area contributed by atoms with Gasteiger partial charge in [0.05, 0.1) is 13.7 Å². The van der Waals surface area contributed by atoms with E-state index < -0.39 is 0 Å². The first-order valence-corrected chi connectivity index (χ1v) is 8.54. The van der Waals surface area contributed by atoms with Gasteiger partial charge in [0.2, 0.25) is 5.91 Å². The molecule has 0 atom stereocenters. The first-order valence-electron chi connectivity index (χ1n) is 8.16. The summed E-state index contributed by atoms with van der Waals surface area (Å²) in [7, 11) is 1.62. The number of hydrogen-bond donors (Lipinski definition) is 2. The SMILES string of the molecule is COc1ccc(OCCNCC(=O)NCCc2cccc(Cl)c2)cc1. The van der Waals surface area contributed by atoms with E-state index in [4.69, 9.17) is 21.1 Å². The molecule has 2 aromatic carbocycles. The summed E-state index contributed by atoms with van der Waals surface area (Å²) >= 11 is 5.93. The zero-order valence-electron chi connectivity index (χ0n) is 14.3. The summed E-state index contributed by atoms with van der Waals surface area (Å²) in [6.07, 6.45) is 0.757. The van der Waals surface area contributed by atoms with E-state index in [0.29, 0.717) is 24.7 Å². The first kappa shape index (κ1) is 19.1. The topological polar surface area (TPSA) is 59.6 Å². The molecule has 2 aromatic rings. The van der Waals surface area contributed by atoms with Gasteiger partial charge in [-0.05, 0) is 48.4 Å². The number of rotatable bonds is 10. The van der Waals surface area contributed by atoms with Crippen LogP contribution >= 0.6 is 11.6 Å². The third-order valence-corrected chi connectivity index (χ3v) is 3.75. The lowest BCUT2D eigenvalue weighted by Crippen LogP contribution is -2.36. The molecule has 6 heteroatoms. The van der Waals surface area contributed by atoms with Crippen molar-refractivity contribution in [3.05, 3.63) is 59.1 Å². The number of carbonyl (C=O) groups is 1. The summed E-state index contributed by atoms with van der Waals surface area (Å²) in [5.74, 6) is 1.53. The van der Waals surface area contributed by atoms with Crippen molar-refractivity contribution >= 4 is 17.5 Å². The van der Waals surface area contributed by atoms with Gasteiger partial charge < -0.3 is 20.1 Å². The third kappa shape index (κ3) is 7.45. The predicted octanol–water partition coefficient (Wildman–Crippen LogP) is 2.68. The van der Waals surface area contributed by atoms with E-state index in [1.807, 2.05) is 48.5 Å². The molecular weight excluding hydrogens is 340 g/mol. The van der Waals surface area contributed by atoms with Gasteiger partial charge in [-0.1, -0.05) is 23.7 Å². The van der Waals surface area contributed by atoms with Crippen molar-refractivity contribution in [2.75, 3.05) is 33.4 Å². The summed E-state index contributed by atoms with van der Waals surface area (Å²) in [4.78, 5) is 11.7. The normalized spacial score (nSPS) is 10.3. The summed E-state index contributed by atoms with van der Waals surface area (Å²) in [5, 5.41) is 6.64. The van der Waals surface area contributed by atoms with Crippen molar-refractivity contribution in [3.8, 4) is 11.5 Å². The van der Waals surface area contributed by atoms with Crippen LogP contribution in [0.1, 0.15) is 5.56 Å². The van der Waals surface area contributed by atoms with Crippen molar-refractivity contribution in [2.45, 2.75) is 6.42 Å². The smallest absolute Gasteiger partial charge is 0.233 e. The lowest BCUT2D eigenvalue weighted by Gasteiger charge is -2.09. The zero-order chi connectivity index (χ0) is 17.9. The summed E-state index contributed by atoms with van der Waals surface area (Å²) in [6.45, 7) is 1.93. The van der Waals surface area contributed by atoms with Crippen molar-refractivity contribution in [1.29, 1.82) is 0 Å². The molecule has 0 aliphatic heterocycles. The van der Waals surface area contributed by atoms with Crippen molar-refractivity contribution in [2.24, 2.45) is 0 Å². The van der Waals surface area contributed by atoms with E-state index >= 15 is 0 Å². The van der Waals surface area contributed by atoms with Gasteiger partial charge in [-0.15, -0.1) is 0 Å². The predicted molar refractivity (Wildman–Crippen MR) is 99.5 cm³/mol. The lowest BCUT2D eigenvalue weighted by molar-refractivity contribution is -0.120. The fraction of sp³-hybridized carbons (Fsp3) is 0.316. The molecular formula is C19H23ClN2O3. The van der Waals surface area contributed by atoms with E-state index in [9.17, 15) is 4.79 Å². The Bertz CT molecular complexity index is 662. The molecule has 0 radical (unpaired) electrons. The molecule has 5 nitrogen and oxygen atoms in total. The van der Waals surface area contributed by atoms with Crippen LogP contribution in [0, 0.1) is 0 Å². The number of hydrogen-bond acceptors (Lipinski definition) is 4. The van der Waals surface area contributed by atoms with E-state index in [1.165, 1.54) is 0 Å². The Hall–Kier alpha value is -2.24. The van der Waals surface area contributed by atoms with Gasteiger partial charge in [0.25, 0.3) is 0 Å². The van der Waals surface area contributed by atoms with Crippen molar-refractivity contribution in [3.63, 3.8) is 0 Å². The molecule has 2 N–H and O–H groups in total. The Morgan fingerprint density at radius 1 is 1.08 bits per heavy atom. The van der Waals surface area contributed by atoms with E-state index in [1.54, 1.807) is 7.11 Å². The molecule has 25 heavy (non-hydrogen) atoms. The monoisotopic (exact) mass is 362 g/mol. The number of halogens is 1. The number of methoxy groups -OCH3 is 1. The number of nitrogens with one attached hydrogen (secondary N) is 2. The number of benzene rings is 2. The molecule has 0 fully saturated rings. The van der Waals surface area contributed by atoms with Gasteiger partial charge in [-0.3, -0.25) is 4.79 Å². The van der Waals surface area contributed by atoms with Crippen LogP contribution in [-0.2, 0) is 11.2 Å². The van der Waals surface area contributed by atoms with E-state index in [-0.39, 0.29) is 12.5 Å². The average molecular weight is 363 g/mol. The second kappa shape index (κ2) is 10.6. The van der Waals surface area contributed by atoms with E-state index in [0.717, 1.165) is 23.5 Å². The number of carbonyl (C=O) groups excluding carboxylic acids is 1. The van der Waals surface area contributed by atoms with Gasteiger partial charge in [0.1, 0.15) is 18.1 Å². The van der Waals surface area contributed by atoms with Gasteiger partial charge in [0, 0.05) is 18.1 Å². The van der Waals surface area contributed by atoms with Crippen LogP contribution < -0.4 is 20.1 Å². The van der Waals surface area contributed by atoms with Crippen LogP contribution in [0.2, 0.25) is 5.02 Å². The highest BCUT2D eigenvalue weighted by Crippen LogP contribution is 2.16. The minimum Gasteiger partial charge on any atom is -0.497 e. The van der Waals surface area contributed by atoms with Crippen LogP contribution in [-0.4, -0.2) is 39.3 Å². The van der Waals surface area contributed by atoms with Crippen molar-refractivity contribution in [1.82, 2.24) is 10.6 Å². The van der Waals surface area contributed by atoms with Gasteiger partial charge >= 0.3 is 0 Å². The molecule has 0 aromatic heterocycles. The van der Waals surface area contributed by atoms with Crippen LogP contribution in [0.4, 0.5) is 0 Å². The molecule has 0 saturated carbocycles. The van der Waals surface area contributed by atoms with E-state index in [2.05, 4.69) is 10.6 Å². The molecule has 0 unspecified atom stereocenters. The molecule has 0 aliphatic carbocycles. The summed E-state index contributed by atoms with van der Waals surface area (Å²) in [6, 6.07) is 15.0. The largest absolute Gasteiger partial charge is 0.497 e. The zero-order valence-corrected chi connectivity index (χ0v) is 15.0. The fourth-order valence-corrected chi connectivity index (χ4v) is 2.43. The van der Waals surface area contributed by atoms with Crippen molar-refractivity contribution < 1.29 is 14.3 Å². The van der Waals surface area contributed by atoms with Gasteiger partial charge in [0.15, 0.2) is 0 Å². The van der Waals surface area contributed by atoms with Crippen LogP contribution in [0.25, 0.3) is 0 Å². The van der Waals surface area contributed by atoms with Gasteiger partial charge in [-0.2, -0.15) is 0 Å². The molecule has 0 heterocycles. The minimum absolute atomic E-state index is 0.0357. The Kier molecular flexibility index (Phi) is 8.09. The molecule has 0 spiro atoms. The Morgan fingerprint density at radius 3 is 2.56 bits per heavy atom. The highest BCUT2D eigenvalue weighted by Gasteiger charge is 2.01. The van der Waals surface area contributed by atoms with Crippen LogP contribution in [0.5, 0.6) is 11.5 Å². The second-order valence-corrected chi connectivity index (χ2v) is 5.87. The van der Waals surface area contributed by atoms with Gasteiger partial charge in [-0.25, -0.2) is 0 Å². The van der Waals surface area contributed by atoms with Crippen LogP contribution in [0.3, 0.4) is 0 Å². The minimum atomic E-state index is -0.0357. The fourth-order valence-electron chi connectivity index (χ4n) is 2.22. The molecule has 1 amide bonds. The lowest BCUT2D eigenvalue weighted by atomic mass is 10.1. The highest BCUT2D eigenvalue weighted by molar-refractivity contribution is 6.30. The van der Waals surface area contributed by atoms with Crippen LogP contribution in [0.15, 0.2) is 48.5 Å². The molecule has 0 aliphatic rings. The Labute approximate surface area is 153 Å². The maximum Gasteiger partial charge on any atom is 0.233 e. The Balaban J connectivity index is 1.53. The maximum atomic E-state index is 11.7. The quantitative estimate of drug-likeness (QED) is 0.638. The maximum absolute atomic E-state index is 11.7. The number of ether oxygens (including phenoxy) is 2. The second-order valence-electron chi connectivity index (χ2n) is 5.43. The Morgan fingerprint density at radius 2 is 1.84 bits per heavy atom. The molecule has 134 valence electrons.